The Balaban J connectivity index is 2.82. The molecule has 0 fully saturated rings. The number of rotatable bonds is 4. The van der Waals surface area contributed by atoms with Crippen LogP contribution in [0.25, 0.3) is 0 Å². The molecule has 0 saturated heterocycles. The normalized spacial score (nSPS) is 14.2. The number of aromatic hydroxyl groups is 1. The minimum Gasteiger partial charge on any atom is -0.508 e. The average Bonchev–Trinajstić information content (AvgIpc) is 2.28. The highest BCUT2D eigenvalue weighted by Crippen LogP contribution is 2.29. The van der Waals surface area contributed by atoms with Gasteiger partial charge in [-0.1, -0.05) is 18.2 Å². The second-order valence-corrected chi connectivity index (χ2v) is 3.54. The van der Waals surface area contributed by atoms with E-state index in [2.05, 4.69) is 0 Å². The van der Waals surface area contributed by atoms with E-state index in [0.29, 0.717) is 5.56 Å². The monoisotopic (exact) mass is 224 g/mol. The number of phenolic OH excluding ortho intramolecular Hbond substituents is 1. The van der Waals surface area contributed by atoms with Gasteiger partial charge in [-0.05, 0) is 19.9 Å². The molecule has 0 radical (unpaired) electrons. The molecule has 0 aliphatic carbocycles. The summed E-state index contributed by atoms with van der Waals surface area (Å²) in [6.07, 6.45) is -1.06. The molecule has 2 atom stereocenters. The van der Waals surface area contributed by atoms with Crippen molar-refractivity contribution in [1.29, 1.82) is 0 Å². The van der Waals surface area contributed by atoms with Crippen LogP contribution in [0.5, 0.6) is 5.75 Å². The smallest absolute Gasteiger partial charge is 0.311 e. The Hall–Kier alpha value is -1.55. The van der Waals surface area contributed by atoms with Crippen LogP contribution < -0.4 is 0 Å². The van der Waals surface area contributed by atoms with Gasteiger partial charge in [0.1, 0.15) is 5.75 Å². The zero-order chi connectivity index (χ0) is 12.1. The molecule has 0 heterocycles. The zero-order valence-electron chi connectivity index (χ0n) is 9.38. The lowest BCUT2D eigenvalue weighted by atomic mass is 9.97. The van der Waals surface area contributed by atoms with Crippen molar-refractivity contribution in [2.75, 3.05) is 6.61 Å². The van der Waals surface area contributed by atoms with Crippen molar-refractivity contribution in [1.82, 2.24) is 0 Å². The molecule has 2 unspecified atom stereocenters. The molecule has 4 nitrogen and oxygen atoms in total. The first kappa shape index (κ1) is 12.5. The van der Waals surface area contributed by atoms with Crippen LogP contribution in [0.15, 0.2) is 24.3 Å². The van der Waals surface area contributed by atoms with Crippen LogP contribution in [0.2, 0.25) is 0 Å². The maximum atomic E-state index is 11.4. The van der Waals surface area contributed by atoms with Gasteiger partial charge in [0, 0.05) is 5.56 Å². The number of aliphatic hydroxyl groups is 1. The predicted octanol–water partition coefficient (Wildman–Crippen LogP) is 1.62. The van der Waals surface area contributed by atoms with Gasteiger partial charge in [0.05, 0.1) is 18.6 Å². The Morgan fingerprint density at radius 2 is 2.06 bits per heavy atom. The average molecular weight is 224 g/mol. The number of ether oxygens (including phenoxy) is 1. The van der Waals surface area contributed by atoms with E-state index in [1.54, 1.807) is 32.0 Å². The fraction of sp³-hybridized carbons (Fsp3) is 0.417. The van der Waals surface area contributed by atoms with Gasteiger partial charge >= 0.3 is 5.97 Å². The fourth-order valence-corrected chi connectivity index (χ4v) is 1.41. The summed E-state index contributed by atoms with van der Waals surface area (Å²) in [5.74, 6) is -1.20. The first-order valence-corrected chi connectivity index (χ1v) is 5.20. The highest BCUT2D eigenvalue weighted by molar-refractivity contribution is 5.73. The number of aliphatic hydroxyl groups excluding tert-OH is 1. The van der Waals surface area contributed by atoms with Crippen molar-refractivity contribution in [2.45, 2.75) is 20.0 Å². The molecule has 0 spiro atoms. The number of carbonyl (C=O) groups is 1. The Kier molecular flexibility index (Phi) is 4.31. The first-order valence-electron chi connectivity index (χ1n) is 5.20. The lowest BCUT2D eigenvalue weighted by molar-refractivity contribution is -0.151. The van der Waals surface area contributed by atoms with Gasteiger partial charge in [0.15, 0.2) is 0 Å². The third-order valence-corrected chi connectivity index (χ3v) is 2.39. The quantitative estimate of drug-likeness (QED) is 0.763. The molecular weight excluding hydrogens is 208 g/mol. The van der Waals surface area contributed by atoms with Crippen LogP contribution in [0.3, 0.4) is 0 Å². The number of hydrogen-bond acceptors (Lipinski definition) is 4. The summed E-state index contributed by atoms with van der Waals surface area (Å²) >= 11 is 0. The maximum Gasteiger partial charge on any atom is 0.311 e. The molecule has 0 aromatic heterocycles. The van der Waals surface area contributed by atoms with Crippen molar-refractivity contribution < 1.29 is 19.7 Å². The molecule has 0 aliphatic heterocycles. The molecule has 1 rings (SSSR count). The van der Waals surface area contributed by atoms with E-state index in [9.17, 15) is 15.0 Å². The standard InChI is InChI=1S/C12H16O4/c1-3-16-12(15)8(2)11(14)9-6-4-5-7-10(9)13/h4-8,11,13-14H,3H2,1-2H3. The van der Waals surface area contributed by atoms with Crippen molar-refractivity contribution in [3.63, 3.8) is 0 Å². The molecule has 1 aromatic carbocycles. The van der Waals surface area contributed by atoms with Crippen LogP contribution in [0.1, 0.15) is 25.5 Å². The number of hydrogen-bond donors (Lipinski definition) is 2. The molecule has 0 aliphatic rings. The highest BCUT2D eigenvalue weighted by atomic mass is 16.5. The highest BCUT2D eigenvalue weighted by Gasteiger charge is 2.26. The summed E-state index contributed by atoms with van der Waals surface area (Å²) in [4.78, 5) is 11.4. The van der Waals surface area contributed by atoms with E-state index in [1.807, 2.05) is 0 Å². The van der Waals surface area contributed by atoms with Crippen molar-refractivity contribution in [3.8, 4) is 5.75 Å². The number of carbonyl (C=O) groups excluding carboxylic acids is 1. The third kappa shape index (κ3) is 2.73. The minimum absolute atomic E-state index is 0.0221. The van der Waals surface area contributed by atoms with Crippen molar-refractivity contribution in [3.05, 3.63) is 29.8 Å². The summed E-state index contributed by atoms with van der Waals surface area (Å²) in [7, 11) is 0. The summed E-state index contributed by atoms with van der Waals surface area (Å²) in [6, 6.07) is 6.39. The largest absolute Gasteiger partial charge is 0.508 e. The summed E-state index contributed by atoms with van der Waals surface area (Å²) < 4.78 is 4.81. The second-order valence-electron chi connectivity index (χ2n) is 3.54. The van der Waals surface area contributed by atoms with Crippen LogP contribution in [0, 0.1) is 5.92 Å². The molecular formula is C12H16O4. The van der Waals surface area contributed by atoms with Gasteiger partial charge in [-0.2, -0.15) is 0 Å². The Bertz CT molecular complexity index is 362. The van der Waals surface area contributed by atoms with E-state index in [1.165, 1.54) is 6.07 Å². The lowest BCUT2D eigenvalue weighted by Gasteiger charge is -2.18. The topological polar surface area (TPSA) is 66.8 Å². The van der Waals surface area contributed by atoms with E-state index < -0.39 is 18.0 Å². The van der Waals surface area contributed by atoms with Crippen LogP contribution in [-0.2, 0) is 9.53 Å². The van der Waals surface area contributed by atoms with E-state index >= 15 is 0 Å². The lowest BCUT2D eigenvalue weighted by Crippen LogP contribution is -2.21. The van der Waals surface area contributed by atoms with Gasteiger partial charge in [-0.3, -0.25) is 4.79 Å². The van der Waals surface area contributed by atoms with Crippen LogP contribution >= 0.6 is 0 Å². The summed E-state index contributed by atoms with van der Waals surface area (Å²) in [6.45, 7) is 3.54. The number of benzene rings is 1. The first-order chi connectivity index (χ1) is 7.57. The molecule has 2 N–H and O–H groups in total. The van der Waals surface area contributed by atoms with E-state index in [0.717, 1.165) is 0 Å². The molecule has 0 bridgehead atoms. The number of esters is 1. The minimum atomic E-state index is -1.06. The Morgan fingerprint density at radius 3 is 2.62 bits per heavy atom. The SMILES string of the molecule is CCOC(=O)C(C)C(O)c1ccccc1O. The molecule has 16 heavy (non-hydrogen) atoms. The fourth-order valence-electron chi connectivity index (χ4n) is 1.41. The number of phenols is 1. The van der Waals surface area contributed by atoms with Gasteiger partial charge in [0.2, 0.25) is 0 Å². The summed E-state index contributed by atoms with van der Waals surface area (Å²) in [5.41, 5.74) is 0.336. The van der Waals surface area contributed by atoms with Gasteiger partial charge < -0.3 is 14.9 Å². The molecule has 4 heteroatoms. The second kappa shape index (κ2) is 5.51. The molecule has 88 valence electrons. The number of para-hydroxylation sites is 1. The van der Waals surface area contributed by atoms with Gasteiger partial charge in [-0.25, -0.2) is 0 Å². The van der Waals surface area contributed by atoms with Crippen molar-refractivity contribution in [2.24, 2.45) is 5.92 Å². The van der Waals surface area contributed by atoms with Gasteiger partial charge in [0.25, 0.3) is 0 Å². The zero-order valence-corrected chi connectivity index (χ0v) is 9.38. The van der Waals surface area contributed by atoms with Crippen LogP contribution in [-0.4, -0.2) is 22.8 Å². The van der Waals surface area contributed by atoms with Crippen LogP contribution in [0.4, 0.5) is 0 Å². The predicted molar refractivity (Wildman–Crippen MR) is 58.9 cm³/mol. The summed E-state index contributed by atoms with van der Waals surface area (Å²) in [5, 5.41) is 19.4. The Labute approximate surface area is 94.5 Å². The van der Waals surface area contributed by atoms with E-state index in [4.69, 9.17) is 4.74 Å². The maximum absolute atomic E-state index is 11.4. The van der Waals surface area contributed by atoms with E-state index in [-0.39, 0.29) is 12.4 Å². The van der Waals surface area contributed by atoms with Gasteiger partial charge in [-0.15, -0.1) is 0 Å². The van der Waals surface area contributed by atoms with Crippen molar-refractivity contribution >= 4 is 5.97 Å². The molecule has 0 amide bonds. The third-order valence-electron chi connectivity index (χ3n) is 2.39. The molecule has 1 aromatic rings. The molecule has 0 saturated carbocycles. The Morgan fingerprint density at radius 1 is 1.44 bits per heavy atom.